The highest BCUT2D eigenvalue weighted by Crippen LogP contribution is 2.31. The van der Waals surface area contributed by atoms with Crippen LogP contribution in [0.2, 0.25) is 0 Å². The second kappa shape index (κ2) is 7.87. The molecule has 0 aliphatic carbocycles. The van der Waals surface area contributed by atoms with Gasteiger partial charge < -0.3 is 10.2 Å². The van der Waals surface area contributed by atoms with Crippen molar-refractivity contribution in [2.45, 2.75) is 5.16 Å². The Morgan fingerprint density at radius 1 is 1.00 bits per heavy atom. The third kappa shape index (κ3) is 3.64. The lowest BCUT2D eigenvalue weighted by Gasteiger charge is -2.09. The van der Waals surface area contributed by atoms with Gasteiger partial charge in [-0.1, -0.05) is 36.0 Å². The number of Topliss-reactive ketones (excluding diaryl/α,β-unsaturated/α-hetero) is 1. The number of ketones is 1. The first-order valence-electron chi connectivity index (χ1n) is 8.36. The van der Waals surface area contributed by atoms with E-state index in [-0.39, 0.29) is 23.0 Å². The van der Waals surface area contributed by atoms with Gasteiger partial charge in [0, 0.05) is 11.3 Å². The number of rotatable bonds is 6. The minimum atomic E-state index is -0.316. The number of nitrogens with zero attached hydrogens (tertiary/aromatic N) is 3. The first-order chi connectivity index (χ1) is 13.6. The number of hydrogen-bond donors (Lipinski definition) is 2. The molecule has 0 radical (unpaired) electrons. The van der Waals surface area contributed by atoms with Crippen molar-refractivity contribution in [3.8, 4) is 27.9 Å². The van der Waals surface area contributed by atoms with E-state index < -0.39 is 0 Å². The quantitative estimate of drug-likeness (QED) is 0.279. The number of hydrogen-bond acceptors (Lipinski definition) is 7. The highest BCUT2D eigenvalue weighted by molar-refractivity contribution is 7.99. The fourth-order valence-corrected chi connectivity index (χ4v) is 4.19. The molecule has 2 aromatic heterocycles. The van der Waals surface area contributed by atoms with Gasteiger partial charge in [-0.25, -0.2) is 0 Å². The molecule has 4 aromatic rings. The third-order valence-corrected chi connectivity index (χ3v) is 5.81. The highest BCUT2D eigenvalue weighted by Gasteiger charge is 2.18. The number of benzene rings is 2. The van der Waals surface area contributed by atoms with E-state index in [1.807, 2.05) is 52.4 Å². The van der Waals surface area contributed by atoms with Gasteiger partial charge in [0.2, 0.25) is 0 Å². The Morgan fingerprint density at radius 2 is 1.82 bits per heavy atom. The van der Waals surface area contributed by atoms with Gasteiger partial charge >= 0.3 is 0 Å². The largest absolute Gasteiger partial charge is 0.504 e. The molecule has 0 saturated carbocycles. The minimum absolute atomic E-state index is 0.125. The first-order valence-corrected chi connectivity index (χ1v) is 10.2. The summed E-state index contributed by atoms with van der Waals surface area (Å²) in [5, 5.41) is 30.2. The van der Waals surface area contributed by atoms with Crippen molar-refractivity contribution in [1.29, 1.82) is 0 Å². The molecule has 0 aliphatic rings. The summed E-state index contributed by atoms with van der Waals surface area (Å²) >= 11 is 2.84. The molecule has 2 heterocycles. The normalized spacial score (nSPS) is 10.9. The van der Waals surface area contributed by atoms with Crippen LogP contribution in [0.15, 0.2) is 71.2 Å². The highest BCUT2D eigenvalue weighted by atomic mass is 32.2. The average molecular weight is 409 g/mol. The van der Waals surface area contributed by atoms with Crippen LogP contribution in [0.5, 0.6) is 11.5 Å². The summed E-state index contributed by atoms with van der Waals surface area (Å²) in [5.41, 5.74) is 1.24. The second-order valence-electron chi connectivity index (χ2n) is 5.87. The predicted octanol–water partition coefficient (Wildman–Crippen LogP) is 4.38. The van der Waals surface area contributed by atoms with Crippen molar-refractivity contribution in [2.24, 2.45) is 0 Å². The topological polar surface area (TPSA) is 88.2 Å². The molecule has 0 aliphatic heterocycles. The fourth-order valence-electron chi connectivity index (χ4n) is 2.65. The van der Waals surface area contributed by atoms with Crippen molar-refractivity contribution in [1.82, 2.24) is 14.8 Å². The number of thioether (sulfide) groups is 1. The Labute approximate surface area is 169 Å². The predicted molar refractivity (Wildman–Crippen MR) is 109 cm³/mol. The molecule has 6 nitrogen and oxygen atoms in total. The van der Waals surface area contributed by atoms with Crippen LogP contribution in [0.3, 0.4) is 0 Å². The van der Waals surface area contributed by atoms with Gasteiger partial charge in [0.15, 0.2) is 28.3 Å². The lowest BCUT2D eigenvalue weighted by molar-refractivity contribution is 0.102. The lowest BCUT2D eigenvalue weighted by Crippen LogP contribution is -2.04. The van der Waals surface area contributed by atoms with E-state index in [0.717, 1.165) is 16.4 Å². The lowest BCUT2D eigenvalue weighted by atomic mass is 10.1. The van der Waals surface area contributed by atoms with Crippen LogP contribution in [-0.4, -0.2) is 36.5 Å². The van der Waals surface area contributed by atoms with Gasteiger partial charge in [-0.15, -0.1) is 21.5 Å². The molecule has 0 unspecified atom stereocenters. The van der Waals surface area contributed by atoms with E-state index in [1.54, 1.807) is 11.3 Å². The van der Waals surface area contributed by atoms with Gasteiger partial charge in [-0.2, -0.15) is 0 Å². The standard InChI is InChI=1S/C20H15N3O3S2/c24-15-9-8-13(11-16(15)25)17(26)12-28-20-22-21-19(18-7-4-10-27-18)23(20)14-5-2-1-3-6-14/h1-11,24-25H,12H2. The van der Waals surface area contributed by atoms with Crippen molar-refractivity contribution < 1.29 is 15.0 Å². The van der Waals surface area contributed by atoms with Gasteiger partial charge in [0.25, 0.3) is 0 Å². The summed E-state index contributed by atoms with van der Waals surface area (Å²) in [4.78, 5) is 13.5. The van der Waals surface area contributed by atoms with E-state index in [9.17, 15) is 15.0 Å². The van der Waals surface area contributed by atoms with E-state index in [2.05, 4.69) is 10.2 Å². The summed E-state index contributed by atoms with van der Waals surface area (Å²) in [6.07, 6.45) is 0. The Kier molecular flexibility index (Phi) is 5.14. The van der Waals surface area contributed by atoms with Crippen LogP contribution in [0, 0.1) is 0 Å². The third-order valence-electron chi connectivity index (χ3n) is 4.02. The van der Waals surface area contributed by atoms with Crippen molar-refractivity contribution in [3.63, 3.8) is 0 Å². The summed E-state index contributed by atoms with van der Waals surface area (Å²) in [6.45, 7) is 0. The molecule has 0 fully saturated rings. The summed E-state index contributed by atoms with van der Waals surface area (Å²) in [7, 11) is 0. The molecular weight excluding hydrogens is 394 g/mol. The molecule has 28 heavy (non-hydrogen) atoms. The molecule has 140 valence electrons. The van der Waals surface area contributed by atoms with E-state index in [1.165, 1.54) is 30.0 Å². The Morgan fingerprint density at radius 3 is 2.54 bits per heavy atom. The molecular formula is C20H15N3O3S2. The number of phenols is 2. The number of thiophene rings is 1. The molecule has 8 heteroatoms. The zero-order valence-electron chi connectivity index (χ0n) is 14.5. The fraction of sp³-hybridized carbons (Fsp3) is 0.0500. The zero-order valence-corrected chi connectivity index (χ0v) is 16.2. The Hall–Kier alpha value is -3.10. The first kappa shape index (κ1) is 18.3. The van der Waals surface area contributed by atoms with Crippen LogP contribution in [0.4, 0.5) is 0 Å². The van der Waals surface area contributed by atoms with Gasteiger partial charge in [-0.3, -0.25) is 9.36 Å². The van der Waals surface area contributed by atoms with Crippen LogP contribution in [-0.2, 0) is 0 Å². The van der Waals surface area contributed by atoms with Crippen LogP contribution in [0.25, 0.3) is 16.4 Å². The zero-order chi connectivity index (χ0) is 19.5. The molecule has 2 N–H and O–H groups in total. The Balaban J connectivity index is 1.63. The molecule has 0 atom stereocenters. The maximum Gasteiger partial charge on any atom is 0.196 e. The number of carbonyl (C=O) groups excluding carboxylic acids is 1. The van der Waals surface area contributed by atoms with Gasteiger partial charge in [0.1, 0.15) is 0 Å². The molecule has 0 spiro atoms. The maximum absolute atomic E-state index is 12.5. The molecule has 2 aromatic carbocycles. The monoisotopic (exact) mass is 409 g/mol. The van der Waals surface area contributed by atoms with E-state index >= 15 is 0 Å². The number of aromatic hydroxyl groups is 2. The average Bonchev–Trinajstić information content (AvgIpc) is 3.38. The summed E-state index contributed by atoms with van der Waals surface area (Å²) in [5.74, 6) is 0.0931. The van der Waals surface area contributed by atoms with Gasteiger partial charge in [0.05, 0.1) is 10.6 Å². The Bertz CT molecular complexity index is 1110. The number of carbonyl (C=O) groups is 1. The summed E-state index contributed by atoms with van der Waals surface area (Å²) < 4.78 is 1.93. The summed E-state index contributed by atoms with van der Waals surface area (Å²) in [6, 6.07) is 17.7. The van der Waals surface area contributed by atoms with Gasteiger partial charge in [-0.05, 0) is 41.8 Å². The number of aromatic nitrogens is 3. The van der Waals surface area contributed by atoms with E-state index in [4.69, 9.17) is 0 Å². The van der Waals surface area contributed by atoms with Crippen molar-refractivity contribution in [2.75, 3.05) is 5.75 Å². The number of para-hydroxylation sites is 1. The maximum atomic E-state index is 12.5. The molecule has 0 amide bonds. The molecule has 4 rings (SSSR count). The van der Waals surface area contributed by atoms with Crippen LogP contribution >= 0.6 is 23.1 Å². The van der Waals surface area contributed by atoms with Crippen molar-refractivity contribution >= 4 is 28.9 Å². The van der Waals surface area contributed by atoms with Crippen LogP contribution in [0.1, 0.15) is 10.4 Å². The molecule has 0 saturated heterocycles. The molecule has 0 bridgehead atoms. The minimum Gasteiger partial charge on any atom is -0.504 e. The van der Waals surface area contributed by atoms with Crippen molar-refractivity contribution in [3.05, 3.63) is 71.6 Å². The number of phenolic OH excluding ortho intramolecular Hbond substituents is 2. The van der Waals surface area contributed by atoms with Crippen LogP contribution < -0.4 is 0 Å². The second-order valence-corrected chi connectivity index (χ2v) is 7.76. The van der Waals surface area contributed by atoms with E-state index in [0.29, 0.717) is 10.7 Å². The smallest absolute Gasteiger partial charge is 0.196 e. The SMILES string of the molecule is O=C(CSc1nnc(-c2cccs2)n1-c1ccccc1)c1ccc(O)c(O)c1.